The van der Waals surface area contributed by atoms with Crippen LogP contribution < -0.4 is 10.2 Å². The largest absolute Gasteiger partial charge is 0.351 e. The summed E-state index contributed by atoms with van der Waals surface area (Å²) in [6, 6.07) is 2.27. The molecule has 1 saturated heterocycles. The molecule has 1 aliphatic rings. The van der Waals surface area contributed by atoms with Gasteiger partial charge < -0.3 is 10.2 Å². The lowest BCUT2D eigenvalue weighted by Gasteiger charge is -2.26. The highest BCUT2D eigenvalue weighted by Crippen LogP contribution is 2.32. The molecule has 4 rings (SSSR count). The molecule has 8 heteroatoms. The molecule has 24 heavy (non-hydrogen) atoms. The van der Waals surface area contributed by atoms with Gasteiger partial charge in [-0.15, -0.1) is 11.3 Å². The monoisotopic (exact) mass is 342 g/mol. The van der Waals surface area contributed by atoms with Crippen molar-refractivity contribution in [1.82, 2.24) is 25.1 Å². The number of carbonyl (C=O) groups excluding carboxylic acids is 1. The van der Waals surface area contributed by atoms with Crippen molar-refractivity contribution in [2.24, 2.45) is 7.05 Å². The first kappa shape index (κ1) is 15.1. The van der Waals surface area contributed by atoms with Gasteiger partial charge in [-0.1, -0.05) is 0 Å². The molecule has 3 aromatic heterocycles. The molecule has 1 amide bonds. The number of aromatic nitrogens is 4. The number of amides is 1. The molecule has 124 valence electrons. The Morgan fingerprint density at radius 3 is 3.21 bits per heavy atom. The summed E-state index contributed by atoms with van der Waals surface area (Å²) in [6.07, 6.45) is 7.07. The topological polar surface area (TPSA) is 75.9 Å². The van der Waals surface area contributed by atoms with Gasteiger partial charge in [-0.05, 0) is 24.3 Å². The number of hydrogen-bond donors (Lipinski definition) is 1. The Morgan fingerprint density at radius 1 is 1.46 bits per heavy atom. The zero-order valence-corrected chi connectivity index (χ0v) is 14.2. The SMILES string of the molecule is Cn1cc(C(=O)NCC2CCCN2c2ncnc3ccsc23)cn1. The van der Waals surface area contributed by atoms with E-state index in [1.165, 1.54) is 0 Å². The van der Waals surface area contributed by atoms with E-state index < -0.39 is 0 Å². The minimum absolute atomic E-state index is 0.0843. The predicted octanol–water partition coefficient (Wildman–Crippen LogP) is 1.82. The molecule has 0 aliphatic carbocycles. The normalized spacial score (nSPS) is 17.5. The van der Waals surface area contributed by atoms with Crippen LogP contribution in [-0.2, 0) is 7.05 Å². The summed E-state index contributed by atoms with van der Waals surface area (Å²) in [7, 11) is 1.80. The smallest absolute Gasteiger partial charge is 0.254 e. The lowest BCUT2D eigenvalue weighted by Crippen LogP contribution is -2.40. The van der Waals surface area contributed by atoms with Gasteiger partial charge in [0.05, 0.1) is 22.0 Å². The first-order valence-corrected chi connectivity index (χ1v) is 8.82. The maximum Gasteiger partial charge on any atom is 0.254 e. The zero-order chi connectivity index (χ0) is 16.5. The van der Waals surface area contributed by atoms with Crippen LogP contribution in [0.2, 0.25) is 0 Å². The Hall–Kier alpha value is -2.48. The van der Waals surface area contributed by atoms with E-state index >= 15 is 0 Å². The molecule has 1 unspecified atom stereocenters. The van der Waals surface area contributed by atoms with Crippen LogP contribution in [0.25, 0.3) is 10.2 Å². The van der Waals surface area contributed by atoms with Crippen molar-refractivity contribution in [2.45, 2.75) is 18.9 Å². The minimum atomic E-state index is -0.0843. The molecular formula is C16H18N6OS. The number of fused-ring (bicyclic) bond motifs is 1. The van der Waals surface area contributed by atoms with Crippen LogP contribution in [-0.4, -0.2) is 44.8 Å². The van der Waals surface area contributed by atoms with E-state index in [0.717, 1.165) is 35.4 Å². The zero-order valence-electron chi connectivity index (χ0n) is 13.3. The second-order valence-corrected chi connectivity index (χ2v) is 6.85. The van der Waals surface area contributed by atoms with Gasteiger partial charge in [0.2, 0.25) is 0 Å². The maximum atomic E-state index is 12.2. The first-order chi connectivity index (χ1) is 11.7. The van der Waals surface area contributed by atoms with Gasteiger partial charge in [0, 0.05) is 32.4 Å². The molecule has 7 nitrogen and oxygen atoms in total. The Kier molecular flexibility index (Phi) is 3.89. The molecule has 3 aromatic rings. The van der Waals surface area contributed by atoms with E-state index in [1.807, 2.05) is 11.4 Å². The van der Waals surface area contributed by atoms with Gasteiger partial charge in [0.1, 0.15) is 12.1 Å². The third-order valence-corrected chi connectivity index (χ3v) is 5.24. The first-order valence-electron chi connectivity index (χ1n) is 7.94. The van der Waals surface area contributed by atoms with Gasteiger partial charge >= 0.3 is 0 Å². The van der Waals surface area contributed by atoms with Crippen LogP contribution >= 0.6 is 11.3 Å². The molecule has 1 atom stereocenters. The predicted molar refractivity (Wildman–Crippen MR) is 93.3 cm³/mol. The lowest BCUT2D eigenvalue weighted by atomic mass is 10.2. The molecule has 0 spiro atoms. The Balaban J connectivity index is 1.49. The summed E-state index contributed by atoms with van der Waals surface area (Å²) in [4.78, 5) is 23.3. The van der Waals surface area contributed by atoms with Crippen molar-refractivity contribution in [2.75, 3.05) is 18.0 Å². The third-order valence-electron chi connectivity index (χ3n) is 4.34. The number of nitrogens with zero attached hydrogens (tertiary/aromatic N) is 5. The third kappa shape index (κ3) is 2.73. The number of aryl methyl sites for hydroxylation is 1. The van der Waals surface area contributed by atoms with Gasteiger partial charge in [-0.3, -0.25) is 9.48 Å². The Morgan fingerprint density at radius 2 is 2.38 bits per heavy atom. The number of nitrogens with one attached hydrogen (secondary N) is 1. The van der Waals surface area contributed by atoms with Crippen LogP contribution in [0.3, 0.4) is 0 Å². The van der Waals surface area contributed by atoms with Crippen molar-refractivity contribution >= 4 is 33.3 Å². The van der Waals surface area contributed by atoms with E-state index in [1.54, 1.807) is 41.8 Å². The van der Waals surface area contributed by atoms with E-state index in [0.29, 0.717) is 12.1 Å². The standard InChI is InChI=1S/C16H18N6OS/c1-21-9-11(7-20-21)16(23)17-8-12-3-2-5-22(12)15-14-13(4-6-24-14)18-10-19-15/h4,6-7,9-10,12H,2-3,5,8H2,1H3,(H,17,23). The summed E-state index contributed by atoms with van der Waals surface area (Å²) >= 11 is 1.66. The molecular weight excluding hydrogens is 324 g/mol. The van der Waals surface area contributed by atoms with Crippen LogP contribution in [0.5, 0.6) is 0 Å². The molecule has 1 aliphatic heterocycles. The van der Waals surface area contributed by atoms with Crippen molar-refractivity contribution in [3.8, 4) is 0 Å². The number of thiophene rings is 1. The Bertz CT molecular complexity index is 872. The minimum Gasteiger partial charge on any atom is -0.351 e. The second kappa shape index (κ2) is 6.20. The average Bonchev–Trinajstić information content (AvgIpc) is 3.32. The van der Waals surface area contributed by atoms with Crippen LogP contribution in [0.1, 0.15) is 23.2 Å². The fourth-order valence-corrected chi connectivity index (χ4v) is 4.01. The fraction of sp³-hybridized carbons (Fsp3) is 0.375. The van der Waals surface area contributed by atoms with Gasteiger partial charge in [-0.25, -0.2) is 9.97 Å². The van der Waals surface area contributed by atoms with Crippen LogP contribution in [0, 0.1) is 0 Å². The molecule has 0 aromatic carbocycles. The summed E-state index contributed by atoms with van der Waals surface area (Å²) in [5, 5.41) is 9.10. The summed E-state index contributed by atoms with van der Waals surface area (Å²) in [6.45, 7) is 1.56. The fourth-order valence-electron chi connectivity index (χ4n) is 3.16. The van der Waals surface area contributed by atoms with Crippen molar-refractivity contribution in [1.29, 1.82) is 0 Å². The molecule has 1 fully saturated rings. The summed E-state index contributed by atoms with van der Waals surface area (Å²) < 4.78 is 2.74. The quantitative estimate of drug-likeness (QED) is 0.783. The highest BCUT2D eigenvalue weighted by atomic mass is 32.1. The molecule has 4 heterocycles. The van der Waals surface area contributed by atoms with E-state index in [4.69, 9.17) is 0 Å². The summed E-state index contributed by atoms with van der Waals surface area (Å²) in [5.74, 6) is 0.895. The highest BCUT2D eigenvalue weighted by Gasteiger charge is 2.28. The maximum absolute atomic E-state index is 12.2. The van der Waals surface area contributed by atoms with Crippen molar-refractivity contribution in [3.05, 3.63) is 35.7 Å². The van der Waals surface area contributed by atoms with E-state index in [2.05, 4.69) is 25.3 Å². The number of carbonyl (C=O) groups is 1. The van der Waals surface area contributed by atoms with Crippen molar-refractivity contribution < 1.29 is 4.79 Å². The van der Waals surface area contributed by atoms with E-state index in [-0.39, 0.29) is 11.9 Å². The summed E-state index contributed by atoms with van der Waals surface area (Å²) in [5.41, 5.74) is 1.57. The van der Waals surface area contributed by atoms with Gasteiger partial charge in [0.25, 0.3) is 5.91 Å². The number of anilines is 1. The molecule has 0 bridgehead atoms. The molecule has 0 radical (unpaired) electrons. The Labute approximate surface area is 143 Å². The van der Waals surface area contributed by atoms with Crippen LogP contribution in [0.4, 0.5) is 5.82 Å². The van der Waals surface area contributed by atoms with Gasteiger partial charge in [-0.2, -0.15) is 5.10 Å². The number of hydrogen-bond acceptors (Lipinski definition) is 6. The highest BCUT2D eigenvalue weighted by molar-refractivity contribution is 7.17. The number of rotatable bonds is 4. The van der Waals surface area contributed by atoms with Crippen LogP contribution in [0.15, 0.2) is 30.2 Å². The molecule has 1 N–H and O–H groups in total. The second-order valence-electron chi connectivity index (χ2n) is 5.93. The van der Waals surface area contributed by atoms with E-state index in [9.17, 15) is 4.79 Å². The lowest BCUT2D eigenvalue weighted by molar-refractivity contribution is 0.0951. The van der Waals surface area contributed by atoms with Gasteiger partial charge in [0.15, 0.2) is 0 Å². The molecule has 0 saturated carbocycles. The van der Waals surface area contributed by atoms with Crippen molar-refractivity contribution in [3.63, 3.8) is 0 Å². The average molecular weight is 342 g/mol.